The molecular weight excluding hydrogens is 366 g/mol. The molecule has 1 aliphatic heterocycles. The van der Waals surface area contributed by atoms with Gasteiger partial charge < -0.3 is 9.15 Å². The molecule has 2 aromatic rings. The maximum atomic E-state index is 12.9. The summed E-state index contributed by atoms with van der Waals surface area (Å²) in [5.41, 5.74) is -0.228. The topological polar surface area (TPSA) is 84.1 Å². The first kappa shape index (κ1) is 19.3. The Labute approximate surface area is 162 Å². The molecule has 0 saturated carbocycles. The Morgan fingerprint density at radius 3 is 2.85 bits per heavy atom. The maximum absolute atomic E-state index is 12.9. The second-order valence-electron chi connectivity index (χ2n) is 6.70. The third-order valence-corrected chi connectivity index (χ3v) is 5.28. The minimum atomic E-state index is -0.961. The minimum Gasteiger partial charge on any atom is -0.465 e. The second kappa shape index (κ2) is 8.06. The largest absolute Gasteiger partial charge is 0.465 e. The molecule has 1 amide bonds. The van der Waals surface area contributed by atoms with Gasteiger partial charge in [0.2, 0.25) is 0 Å². The van der Waals surface area contributed by atoms with E-state index in [4.69, 9.17) is 9.15 Å². The van der Waals surface area contributed by atoms with Gasteiger partial charge in [-0.1, -0.05) is 6.07 Å². The van der Waals surface area contributed by atoms with Crippen molar-refractivity contribution in [2.24, 2.45) is 5.10 Å². The molecule has 3 heterocycles. The molecule has 0 bridgehead atoms. The van der Waals surface area contributed by atoms with Crippen LogP contribution in [-0.2, 0) is 14.3 Å². The summed E-state index contributed by atoms with van der Waals surface area (Å²) >= 11 is 1.58. The van der Waals surface area contributed by atoms with Gasteiger partial charge in [-0.15, -0.1) is 11.3 Å². The zero-order valence-electron chi connectivity index (χ0n) is 15.6. The molecule has 7 nitrogen and oxygen atoms in total. The monoisotopic (exact) mass is 389 g/mol. The van der Waals surface area contributed by atoms with E-state index in [1.165, 1.54) is 5.01 Å². The highest BCUT2D eigenvalue weighted by Gasteiger charge is 2.36. The van der Waals surface area contributed by atoms with Crippen LogP contribution in [-0.4, -0.2) is 41.3 Å². The van der Waals surface area contributed by atoms with Crippen molar-refractivity contribution < 1.29 is 18.7 Å². The molecule has 0 saturated heterocycles. The summed E-state index contributed by atoms with van der Waals surface area (Å²) in [4.78, 5) is 25.9. The molecule has 1 aliphatic rings. The number of furan rings is 1. The lowest BCUT2D eigenvalue weighted by Crippen LogP contribution is -2.51. The number of carbonyl (C=O) groups excluding carboxylic acids is 2. The van der Waals surface area contributed by atoms with Crippen molar-refractivity contribution in [1.82, 2.24) is 10.3 Å². The number of amides is 1. The molecule has 0 spiro atoms. The molecule has 8 heteroatoms. The van der Waals surface area contributed by atoms with Crippen LogP contribution in [0.3, 0.4) is 0 Å². The van der Waals surface area contributed by atoms with E-state index >= 15 is 0 Å². The van der Waals surface area contributed by atoms with Gasteiger partial charge in [-0.05, 0) is 44.4 Å². The first-order valence-corrected chi connectivity index (χ1v) is 9.69. The number of nitrogens with one attached hydrogen (secondary N) is 1. The molecule has 1 N–H and O–H groups in total. The zero-order chi connectivity index (χ0) is 19.4. The molecule has 0 fully saturated rings. The molecule has 3 rings (SSSR count). The number of nitrogens with zero attached hydrogens (tertiary/aromatic N) is 2. The number of hydrogen-bond donors (Lipinski definition) is 1. The quantitative estimate of drug-likeness (QED) is 0.736. The number of rotatable bonds is 7. The predicted octanol–water partition coefficient (Wildman–Crippen LogP) is 2.95. The minimum absolute atomic E-state index is 0.0252. The van der Waals surface area contributed by atoms with E-state index < -0.39 is 11.5 Å². The Balaban J connectivity index is 1.74. The van der Waals surface area contributed by atoms with Gasteiger partial charge in [0, 0.05) is 11.3 Å². The van der Waals surface area contributed by atoms with Crippen molar-refractivity contribution in [3.8, 4) is 0 Å². The molecule has 1 atom stereocenters. The van der Waals surface area contributed by atoms with Crippen molar-refractivity contribution in [2.75, 3.05) is 13.2 Å². The lowest BCUT2D eigenvalue weighted by atomic mass is 10.1. The average molecular weight is 389 g/mol. The molecular formula is C19H23N3O4S. The standard InChI is InChI=1S/C19H23N3O4S/c1-4-25-18(24)19(2,3)20-12-17(23)22-14(16-8-6-10-27-16)11-13(21-22)15-7-5-9-26-15/h5-10,14,20H,4,11-12H2,1-3H3. The SMILES string of the molecule is CCOC(=O)C(C)(C)NCC(=O)N1N=C(c2ccco2)CC1c1cccs1. The van der Waals surface area contributed by atoms with E-state index in [1.54, 1.807) is 44.4 Å². The summed E-state index contributed by atoms with van der Waals surface area (Å²) in [6, 6.07) is 7.40. The van der Waals surface area contributed by atoms with Gasteiger partial charge in [0.1, 0.15) is 17.0 Å². The fourth-order valence-corrected chi connectivity index (χ4v) is 3.61. The Kier molecular flexibility index (Phi) is 5.76. The van der Waals surface area contributed by atoms with Crippen LogP contribution in [0.25, 0.3) is 0 Å². The van der Waals surface area contributed by atoms with Gasteiger partial charge in [0.05, 0.1) is 25.5 Å². The van der Waals surface area contributed by atoms with E-state index in [0.29, 0.717) is 18.8 Å². The molecule has 144 valence electrons. The van der Waals surface area contributed by atoms with Gasteiger partial charge >= 0.3 is 5.97 Å². The van der Waals surface area contributed by atoms with Crippen LogP contribution in [0.15, 0.2) is 45.4 Å². The molecule has 0 aromatic carbocycles. The third-order valence-electron chi connectivity index (χ3n) is 4.31. The Bertz CT molecular complexity index is 812. The van der Waals surface area contributed by atoms with Crippen LogP contribution in [0.2, 0.25) is 0 Å². The fourth-order valence-electron chi connectivity index (χ4n) is 2.80. The van der Waals surface area contributed by atoms with E-state index in [0.717, 1.165) is 10.6 Å². The van der Waals surface area contributed by atoms with Gasteiger partial charge in [-0.25, -0.2) is 5.01 Å². The van der Waals surface area contributed by atoms with Crippen molar-refractivity contribution >= 4 is 28.9 Å². The van der Waals surface area contributed by atoms with E-state index in [1.807, 2.05) is 23.6 Å². The normalized spacial score (nSPS) is 17.1. The van der Waals surface area contributed by atoms with E-state index in [9.17, 15) is 9.59 Å². The van der Waals surface area contributed by atoms with Gasteiger partial charge in [-0.2, -0.15) is 5.10 Å². The number of esters is 1. The lowest BCUT2D eigenvalue weighted by Gasteiger charge is -2.26. The lowest BCUT2D eigenvalue weighted by molar-refractivity contribution is -0.150. The first-order valence-electron chi connectivity index (χ1n) is 8.81. The van der Waals surface area contributed by atoms with E-state index in [2.05, 4.69) is 10.4 Å². The summed E-state index contributed by atoms with van der Waals surface area (Å²) in [7, 11) is 0. The van der Waals surface area contributed by atoms with Crippen LogP contribution in [0.4, 0.5) is 0 Å². The van der Waals surface area contributed by atoms with Crippen LogP contribution in [0, 0.1) is 0 Å². The van der Waals surface area contributed by atoms with Crippen molar-refractivity contribution in [3.63, 3.8) is 0 Å². The summed E-state index contributed by atoms with van der Waals surface area (Å²) in [6.45, 7) is 5.40. The van der Waals surface area contributed by atoms with Crippen LogP contribution >= 0.6 is 11.3 Å². The van der Waals surface area contributed by atoms with E-state index in [-0.39, 0.29) is 18.5 Å². The first-order chi connectivity index (χ1) is 12.9. The number of hydrazone groups is 1. The highest BCUT2D eigenvalue weighted by Crippen LogP contribution is 2.35. The van der Waals surface area contributed by atoms with Gasteiger partial charge in [0.25, 0.3) is 5.91 Å². The number of hydrogen-bond acceptors (Lipinski definition) is 7. The third kappa shape index (κ3) is 4.28. The Morgan fingerprint density at radius 2 is 2.22 bits per heavy atom. The number of ether oxygens (including phenoxy) is 1. The molecule has 1 unspecified atom stereocenters. The fraction of sp³-hybridized carbons (Fsp3) is 0.421. The van der Waals surface area contributed by atoms with Crippen molar-refractivity contribution in [3.05, 3.63) is 46.5 Å². The number of thiophene rings is 1. The summed E-state index contributed by atoms with van der Waals surface area (Å²) in [6.07, 6.45) is 2.17. The highest BCUT2D eigenvalue weighted by molar-refractivity contribution is 7.10. The van der Waals surface area contributed by atoms with Crippen molar-refractivity contribution in [2.45, 2.75) is 38.8 Å². The molecule has 0 radical (unpaired) electrons. The second-order valence-corrected chi connectivity index (χ2v) is 7.68. The molecule has 0 aliphatic carbocycles. The average Bonchev–Trinajstić information content (AvgIpc) is 3.40. The maximum Gasteiger partial charge on any atom is 0.325 e. The van der Waals surface area contributed by atoms with Crippen molar-refractivity contribution in [1.29, 1.82) is 0 Å². The van der Waals surface area contributed by atoms with Crippen LogP contribution in [0.1, 0.15) is 43.9 Å². The Morgan fingerprint density at radius 1 is 1.41 bits per heavy atom. The summed E-state index contributed by atoms with van der Waals surface area (Å²) < 4.78 is 10.5. The Hall–Kier alpha value is -2.45. The van der Waals surface area contributed by atoms with Gasteiger partial charge in [0.15, 0.2) is 0 Å². The summed E-state index contributed by atoms with van der Waals surface area (Å²) in [5.74, 6) is 0.0489. The smallest absolute Gasteiger partial charge is 0.325 e. The predicted molar refractivity (Wildman–Crippen MR) is 102 cm³/mol. The zero-order valence-corrected chi connectivity index (χ0v) is 16.4. The number of carbonyl (C=O) groups is 2. The van der Waals surface area contributed by atoms with Crippen LogP contribution in [0.5, 0.6) is 0 Å². The van der Waals surface area contributed by atoms with Crippen LogP contribution < -0.4 is 5.32 Å². The van der Waals surface area contributed by atoms with Gasteiger partial charge in [-0.3, -0.25) is 14.9 Å². The highest BCUT2D eigenvalue weighted by atomic mass is 32.1. The molecule has 27 heavy (non-hydrogen) atoms. The summed E-state index contributed by atoms with van der Waals surface area (Å²) in [5, 5.41) is 10.9. The molecule has 2 aromatic heterocycles.